The highest BCUT2D eigenvalue weighted by atomic mass is 16.3. The number of phenolic OH excluding ortho intramolecular Hbond substituents is 1. The van der Waals surface area contributed by atoms with Crippen LogP contribution in [0.15, 0.2) is 40.2 Å². The first-order valence-electron chi connectivity index (χ1n) is 7.62. The second kappa shape index (κ2) is 7.13. The molecule has 122 valence electrons. The van der Waals surface area contributed by atoms with Crippen molar-refractivity contribution in [2.24, 2.45) is 5.10 Å². The summed E-state index contributed by atoms with van der Waals surface area (Å²) in [6, 6.07) is 5.40. The summed E-state index contributed by atoms with van der Waals surface area (Å²) in [4.78, 5) is 12.3. The van der Waals surface area contributed by atoms with Crippen LogP contribution in [0.4, 0.5) is 0 Å². The monoisotopic (exact) mass is 314 g/mol. The minimum atomic E-state index is -0.438. The van der Waals surface area contributed by atoms with Crippen molar-refractivity contribution >= 4 is 12.1 Å². The SMILES string of the molecule is CC(C)c1cc(C(=O)N/N=C/c2ccoc2)c(O)c(C(C)C)c1. The fourth-order valence-electron chi connectivity index (χ4n) is 2.20. The lowest BCUT2D eigenvalue weighted by molar-refractivity contribution is 0.0952. The van der Waals surface area contributed by atoms with Gasteiger partial charge in [-0.1, -0.05) is 33.8 Å². The van der Waals surface area contributed by atoms with E-state index < -0.39 is 5.91 Å². The minimum absolute atomic E-state index is 0.0143. The van der Waals surface area contributed by atoms with Gasteiger partial charge in [-0.05, 0) is 35.1 Å². The van der Waals surface area contributed by atoms with Crippen LogP contribution in [0.1, 0.15) is 66.6 Å². The molecule has 5 nitrogen and oxygen atoms in total. The van der Waals surface area contributed by atoms with Crippen molar-refractivity contribution in [2.75, 3.05) is 0 Å². The molecule has 0 unspecified atom stereocenters. The van der Waals surface area contributed by atoms with Crippen molar-refractivity contribution in [1.82, 2.24) is 5.43 Å². The van der Waals surface area contributed by atoms with E-state index >= 15 is 0 Å². The maximum absolute atomic E-state index is 12.3. The Labute approximate surface area is 136 Å². The zero-order valence-corrected chi connectivity index (χ0v) is 13.8. The molecule has 0 aliphatic heterocycles. The Morgan fingerprint density at radius 2 is 2.00 bits per heavy atom. The van der Waals surface area contributed by atoms with Crippen LogP contribution < -0.4 is 5.43 Å². The van der Waals surface area contributed by atoms with E-state index in [1.165, 1.54) is 18.7 Å². The van der Waals surface area contributed by atoms with E-state index in [0.717, 1.165) is 16.7 Å². The van der Waals surface area contributed by atoms with Gasteiger partial charge in [0.15, 0.2) is 0 Å². The summed E-state index contributed by atoms with van der Waals surface area (Å²) in [6.45, 7) is 8.07. The summed E-state index contributed by atoms with van der Waals surface area (Å²) in [5, 5.41) is 14.3. The maximum atomic E-state index is 12.3. The topological polar surface area (TPSA) is 74.8 Å². The molecule has 0 radical (unpaired) electrons. The molecule has 0 saturated carbocycles. The summed E-state index contributed by atoms with van der Waals surface area (Å²) in [6.07, 6.45) is 4.52. The van der Waals surface area contributed by atoms with E-state index in [9.17, 15) is 9.90 Å². The number of benzene rings is 1. The summed E-state index contributed by atoms with van der Waals surface area (Å²) in [5.41, 5.74) is 5.20. The van der Waals surface area contributed by atoms with Gasteiger partial charge < -0.3 is 9.52 Å². The highest BCUT2D eigenvalue weighted by Crippen LogP contribution is 2.32. The van der Waals surface area contributed by atoms with Crippen LogP contribution in [-0.2, 0) is 0 Å². The molecule has 1 heterocycles. The summed E-state index contributed by atoms with van der Waals surface area (Å²) >= 11 is 0. The molecule has 0 aliphatic rings. The Kier molecular flexibility index (Phi) is 5.21. The van der Waals surface area contributed by atoms with Crippen LogP contribution in [0.5, 0.6) is 5.75 Å². The Morgan fingerprint density at radius 1 is 1.26 bits per heavy atom. The molecule has 2 aromatic rings. The number of hydrogen-bond donors (Lipinski definition) is 2. The molecular weight excluding hydrogens is 292 g/mol. The third-order valence-electron chi connectivity index (χ3n) is 3.62. The number of phenols is 1. The van der Waals surface area contributed by atoms with Crippen molar-refractivity contribution < 1.29 is 14.3 Å². The van der Waals surface area contributed by atoms with Crippen LogP contribution in [0.3, 0.4) is 0 Å². The van der Waals surface area contributed by atoms with Gasteiger partial charge in [-0.2, -0.15) is 5.10 Å². The third-order valence-corrected chi connectivity index (χ3v) is 3.62. The van der Waals surface area contributed by atoms with E-state index in [2.05, 4.69) is 24.4 Å². The number of rotatable bonds is 5. The van der Waals surface area contributed by atoms with Gasteiger partial charge in [-0.25, -0.2) is 5.43 Å². The van der Waals surface area contributed by atoms with Crippen LogP contribution in [0.2, 0.25) is 0 Å². The molecule has 0 saturated heterocycles. The van der Waals surface area contributed by atoms with Gasteiger partial charge in [0.25, 0.3) is 5.91 Å². The molecule has 5 heteroatoms. The number of carbonyl (C=O) groups is 1. The highest BCUT2D eigenvalue weighted by Gasteiger charge is 2.18. The number of hydrogen-bond acceptors (Lipinski definition) is 4. The van der Waals surface area contributed by atoms with Gasteiger partial charge in [0, 0.05) is 5.56 Å². The molecule has 0 bridgehead atoms. The molecule has 1 aromatic heterocycles. The average Bonchev–Trinajstić information content (AvgIpc) is 3.00. The van der Waals surface area contributed by atoms with E-state index in [-0.39, 0.29) is 23.1 Å². The quantitative estimate of drug-likeness (QED) is 0.647. The molecule has 0 atom stereocenters. The maximum Gasteiger partial charge on any atom is 0.275 e. The lowest BCUT2D eigenvalue weighted by Gasteiger charge is -2.16. The zero-order chi connectivity index (χ0) is 17.0. The molecule has 0 spiro atoms. The summed E-state index contributed by atoms with van der Waals surface area (Å²) in [5.74, 6) is -0.0455. The fraction of sp³-hybridized carbons (Fsp3) is 0.333. The van der Waals surface area contributed by atoms with Crippen molar-refractivity contribution in [2.45, 2.75) is 39.5 Å². The molecular formula is C18H22N2O3. The number of aromatic hydroxyl groups is 1. The molecule has 2 rings (SSSR count). The molecule has 2 N–H and O–H groups in total. The Bertz CT molecular complexity index is 701. The second-order valence-corrected chi connectivity index (χ2v) is 6.07. The number of furan rings is 1. The predicted octanol–water partition coefficient (Wildman–Crippen LogP) is 4.00. The first-order chi connectivity index (χ1) is 10.9. The third kappa shape index (κ3) is 4.00. The Hall–Kier alpha value is -2.56. The van der Waals surface area contributed by atoms with E-state index in [4.69, 9.17) is 4.42 Å². The minimum Gasteiger partial charge on any atom is -0.507 e. The van der Waals surface area contributed by atoms with E-state index in [1.54, 1.807) is 12.1 Å². The number of hydrazone groups is 1. The number of nitrogens with zero attached hydrogens (tertiary/aromatic N) is 1. The van der Waals surface area contributed by atoms with Crippen molar-refractivity contribution in [3.05, 3.63) is 53.0 Å². The van der Waals surface area contributed by atoms with Crippen LogP contribution in [0, 0.1) is 0 Å². The molecule has 1 aromatic carbocycles. The largest absolute Gasteiger partial charge is 0.507 e. The molecule has 0 aliphatic carbocycles. The van der Waals surface area contributed by atoms with Gasteiger partial charge >= 0.3 is 0 Å². The Balaban J connectivity index is 2.28. The number of nitrogens with one attached hydrogen (secondary N) is 1. The van der Waals surface area contributed by atoms with E-state index in [0.29, 0.717) is 0 Å². The Morgan fingerprint density at radius 3 is 2.57 bits per heavy atom. The van der Waals surface area contributed by atoms with Crippen molar-refractivity contribution in [3.63, 3.8) is 0 Å². The van der Waals surface area contributed by atoms with Gasteiger partial charge in [0.05, 0.1) is 24.3 Å². The molecule has 1 amide bonds. The standard InChI is InChI=1S/C18H22N2O3/c1-11(2)14-7-15(12(3)4)17(21)16(8-14)18(22)20-19-9-13-5-6-23-10-13/h5-12,21H,1-4H3,(H,20,22)/b19-9+. The molecule has 0 fully saturated rings. The van der Waals surface area contributed by atoms with Gasteiger partial charge in [-0.15, -0.1) is 0 Å². The molecule has 23 heavy (non-hydrogen) atoms. The van der Waals surface area contributed by atoms with Crippen LogP contribution in [0.25, 0.3) is 0 Å². The van der Waals surface area contributed by atoms with Gasteiger partial charge in [0.2, 0.25) is 0 Å². The van der Waals surface area contributed by atoms with Crippen LogP contribution in [-0.4, -0.2) is 17.2 Å². The lowest BCUT2D eigenvalue weighted by atomic mass is 9.92. The number of carbonyl (C=O) groups excluding carboxylic acids is 1. The smallest absolute Gasteiger partial charge is 0.275 e. The van der Waals surface area contributed by atoms with Crippen molar-refractivity contribution in [3.8, 4) is 5.75 Å². The fourth-order valence-corrected chi connectivity index (χ4v) is 2.20. The van der Waals surface area contributed by atoms with Gasteiger partial charge in [-0.3, -0.25) is 4.79 Å². The second-order valence-electron chi connectivity index (χ2n) is 6.07. The number of amides is 1. The van der Waals surface area contributed by atoms with Gasteiger partial charge in [0.1, 0.15) is 5.75 Å². The summed E-state index contributed by atoms with van der Waals surface area (Å²) in [7, 11) is 0. The predicted molar refractivity (Wildman–Crippen MR) is 90.1 cm³/mol. The first kappa shape index (κ1) is 16.8. The van der Waals surface area contributed by atoms with E-state index in [1.807, 2.05) is 19.9 Å². The van der Waals surface area contributed by atoms with Crippen LogP contribution >= 0.6 is 0 Å². The zero-order valence-electron chi connectivity index (χ0n) is 13.8. The first-order valence-corrected chi connectivity index (χ1v) is 7.62. The van der Waals surface area contributed by atoms with Crippen molar-refractivity contribution in [1.29, 1.82) is 0 Å². The normalized spacial score (nSPS) is 11.6. The average molecular weight is 314 g/mol. The summed E-state index contributed by atoms with van der Waals surface area (Å²) < 4.78 is 4.92. The highest BCUT2D eigenvalue weighted by molar-refractivity contribution is 5.98. The lowest BCUT2D eigenvalue weighted by Crippen LogP contribution is -2.18.